The number of ether oxygens (including phenoxy) is 1. The van der Waals surface area contributed by atoms with Crippen molar-refractivity contribution >= 4 is 0 Å². The predicted molar refractivity (Wildman–Crippen MR) is 46.5 cm³/mol. The fourth-order valence-corrected chi connectivity index (χ4v) is 1.51. The van der Waals surface area contributed by atoms with E-state index in [9.17, 15) is 5.11 Å². The van der Waals surface area contributed by atoms with Crippen LogP contribution in [-0.4, -0.2) is 11.7 Å². The van der Waals surface area contributed by atoms with Crippen LogP contribution in [0.15, 0.2) is 18.2 Å². The van der Waals surface area contributed by atoms with Crippen LogP contribution in [0.1, 0.15) is 12.5 Å². The topological polar surface area (TPSA) is 29.5 Å². The van der Waals surface area contributed by atoms with Crippen molar-refractivity contribution in [1.82, 2.24) is 0 Å². The Hall–Kier alpha value is -1.18. The molecule has 0 saturated carbocycles. The average Bonchev–Trinajstić information content (AvgIpc) is 2.05. The first-order valence-electron chi connectivity index (χ1n) is 4.20. The Balaban J connectivity index is 2.37. The van der Waals surface area contributed by atoms with Crippen molar-refractivity contribution < 1.29 is 9.84 Å². The molecule has 1 atom stereocenters. The van der Waals surface area contributed by atoms with Crippen molar-refractivity contribution in [3.63, 3.8) is 0 Å². The van der Waals surface area contributed by atoms with Gasteiger partial charge in [-0.1, -0.05) is 13.0 Å². The number of phenolic OH excluding ortho intramolecular Hbond substituents is 1. The highest BCUT2D eigenvalue weighted by atomic mass is 16.5. The van der Waals surface area contributed by atoms with Gasteiger partial charge in [0.2, 0.25) is 0 Å². The van der Waals surface area contributed by atoms with Crippen molar-refractivity contribution in [2.24, 2.45) is 5.92 Å². The van der Waals surface area contributed by atoms with Crippen LogP contribution in [-0.2, 0) is 6.42 Å². The van der Waals surface area contributed by atoms with E-state index in [1.54, 1.807) is 12.1 Å². The lowest BCUT2D eigenvalue weighted by Gasteiger charge is -2.22. The number of phenols is 1. The molecule has 1 aliphatic heterocycles. The van der Waals surface area contributed by atoms with Crippen LogP contribution in [0.4, 0.5) is 0 Å². The zero-order valence-electron chi connectivity index (χ0n) is 7.08. The summed E-state index contributed by atoms with van der Waals surface area (Å²) in [6.07, 6.45) is 1.05. The molecule has 1 aliphatic rings. The minimum absolute atomic E-state index is 0.281. The summed E-state index contributed by atoms with van der Waals surface area (Å²) < 4.78 is 5.46. The van der Waals surface area contributed by atoms with Gasteiger partial charge in [-0.2, -0.15) is 0 Å². The van der Waals surface area contributed by atoms with Gasteiger partial charge in [0.1, 0.15) is 11.5 Å². The normalized spacial score (nSPS) is 21.2. The molecule has 0 saturated heterocycles. The smallest absolute Gasteiger partial charge is 0.126 e. The van der Waals surface area contributed by atoms with Crippen molar-refractivity contribution in [1.29, 1.82) is 0 Å². The van der Waals surface area contributed by atoms with Gasteiger partial charge in [-0.15, -0.1) is 0 Å². The lowest BCUT2D eigenvalue weighted by atomic mass is 9.98. The maximum Gasteiger partial charge on any atom is 0.126 e. The fourth-order valence-electron chi connectivity index (χ4n) is 1.51. The summed E-state index contributed by atoms with van der Waals surface area (Å²) in [4.78, 5) is 0. The second kappa shape index (κ2) is 2.70. The molecule has 1 heterocycles. The Morgan fingerprint density at radius 2 is 2.33 bits per heavy atom. The quantitative estimate of drug-likeness (QED) is 0.635. The molecule has 2 rings (SSSR count). The summed E-state index contributed by atoms with van der Waals surface area (Å²) in [5, 5.41) is 9.17. The van der Waals surface area contributed by atoms with Crippen molar-refractivity contribution in [3.05, 3.63) is 23.8 Å². The molecule has 64 valence electrons. The van der Waals surface area contributed by atoms with Crippen molar-refractivity contribution in [2.75, 3.05) is 6.61 Å². The molecule has 1 aromatic rings. The SMILES string of the molecule is CC1COc2cc(O)ccc2C1. The van der Waals surface area contributed by atoms with E-state index in [2.05, 4.69) is 6.92 Å². The summed E-state index contributed by atoms with van der Waals surface area (Å²) in [5.74, 6) is 1.71. The molecule has 1 unspecified atom stereocenters. The lowest BCUT2D eigenvalue weighted by Crippen LogP contribution is -2.17. The monoisotopic (exact) mass is 164 g/mol. The van der Waals surface area contributed by atoms with Crippen LogP contribution in [0.5, 0.6) is 11.5 Å². The molecule has 0 aromatic heterocycles. The molecule has 0 fully saturated rings. The number of rotatable bonds is 0. The maximum absolute atomic E-state index is 9.17. The lowest BCUT2D eigenvalue weighted by molar-refractivity contribution is 0.233. The first-order chi connectivity index (χ1) is 5.75. The van der Waals surface area contributed by atoms with Crippen LogP contribution in [0.2, 0.25) is 0 Å². The third kappa shape index (κ3) is 1.24. The molecule has 2 heteroatoms. The number of fused-ring (bicyclic) bond motifs is 1. The summed E-state index contributed by atoms with van der Waals surface area (Å²) >= 11 is 0. The highest BCUT2D eigenvalue weighted by molar-refractivity contribution is 5.41. The maximum atomic E-state index is 9.17. The molecule has 1 aromatic carbocycles. The number of hydrogen-bond acceptors (Lipinski definition) is 2. The van der Waals surface area contributed by atoms with Gasteiger partial charge in [0.15, 0.2) is 0 Å². The molecule has 12 heavy (non-hydrogen) atoms. The largest absolute Gasteiger partial charge is 0.508 e. The van der Waals surface area contributed by atoms with E-state index >= 15 is 0 Å². The Morgan fingerprint density at radius 1 is 1.50 bits per heavy atom. The van der Waals surface area contributed by atoms with Gasteiger partial charge in [0, 0.05) is 6.07 Å². The molecule has 0 amide bonds. The van der Waals surface area contributed by atoms with Gasteiger partial charge in [-0.05, 0) is 24.0 Å². The van der Waals surface area contributed by atoms with Crippen molar-refractivity contribution in [3.8, 4) is 11.5 Å². The standard InChI is InChI=1S/C10H12O2/c1-7-4-8-2-3-9(11)5-10(8)12-6-7/h2-3,5,7,11H,4,6H2,1H3. The zero-order chi connectivity index (χ0) is 8.55. The third-order valence-electron chi connectivity index (χ3n) is 2.14. The fraction of sp³-hybridized carbons (Fsp3) is 0.400. The van der Waals surface area contributed by atoms with E-state index in [4.69, 9.17) is 4.74 Å². The van der Waals surface area contributed by atoms with Gasteiger partial charge < -0.3 is 9.84 Å². The molecule has 0 bridgehead atoms. The third-order valence-corrected chi connectivity index (χ3v) is 2.14. The second-order valence-corrected chi connectivity index (χ2v) is 3.41. The Bertz CT molecular complexity index is 294. The van der Waals surface area contributed by atoms with E-state index in [0.717, 1.165) is 18.8 Å². The first kappa shape index (κ1) is 7.47. The Kier molecular flexibility index (Phi) is 1.68. The summed E-state index contributed by atoms with van der Waals surface area (Å²) in [6.45, 7) is 2.92. The van der Waals surface area contributed by atoms with Crippen LogP contribution >= 0.6 is 0 Å². The molecule has 1 N–H and O–H groups in total. The van der Waals surface area contributed by atoms with Crippen molar-refractivity contribution in [2.45, 2.75) is 13.3 Å². The Morgan fingerprint density at radius 3 is 3.17 bits per heavy atom. The second-order valence-electron chi connectivity index (χ2n) is 3.41. The molecule has 0 spiro atoms. The van der Waals surface area contributed by atoms with Crippen LogP contribution in [0.25, 0.3) is 0 Å². The first-order valence-corrected chi connectivity index (χ1v) is 4.20. The van der Waals surface area contributed by atoms with Crippen LogP contribution in [0.3, 0.4) is 0 Å². The van der Waals surface area contributed by atoms with Crippen LogP contribution in [0, 0.1) is 5.92 Å². The van der Waals surface area contributed by atoms with Crippen LogP contribution < -0.4 is 4.74 Å². The van der Waals surface area contributed by atoms with Gasteiger partial charge in [-0.25, -0.2) is 0 Å². The highest BCUT2D eigenvalue weighted by Gasteiger charge is 2.15. The summed E-state index contributed by atoms with van der Waals surface area (Å²) in [6, 6.07) is 5.32. The number of aromatic hydroxyl groups is 1. The molecule has 0 radical (unpaired) electrons. The van der Waals surface area contributed by atoms with E-state index in [-0.39, 0.29) is 5.75 Å². The van der Waals surface area contributed by atoms with Gasteiger partial charge >= 0.3 is 0 Å². The highest BCUT2D eigenvalue weighted by Crippen LogP contribution is 2.30. The van der Waals surface area contributed by atoms with E-state index < -0.39 is 0 Å². The Labute approximate surface area is 71.8 Å². The number of benzene rings is 1. The summed E-state index contributed by atoms with van der Waals surface area (Å²) in [7, 11) is 0. The number of hydrogen-bond donors (Lipinski definition) is 1. The molecular formula is C10H12O2. The van der Waals surface area contributed by atoms with Gasteiger partial charge in [-0.3, -0.25) is 0 Å². The average molecular weight is 164 g/mol. The van der Waals surface area contributed by atoms with Gasteiger partial charge in [0.25, 0.3) is 0 Å². The molecular weight excluding hydrogens is 152 g/mol. The minimum atomic E-state index is 0.281. The summed E-state index contributed by atoms with van der Waals surface area (Å²) in [5.41, 5.74) is 1.20. The minimum Gasteiger partial charge on any atom is -0.508 e. The van der Waals surface area contributed by atoms with E-state index in [1.807, 2.05) is 6.07 Å². The van der Waals surface area contributed by atoms with E-state index in [1.165, 1.54) is 5.56 Å². The van der Waals surface area contributed by atoms with Gasteiger partial charge in [0.05, 0.1) is 6.61 Å². The molecule has 2 nitrogen and oxygen atoms in total. The zero-order valence-corrected chi connectivity index (χ0v) is 7.08. The predicted octanol–water partition coefficient (Wildman–Crippen LogP) is 1.96. The molecule has 0 aliphatic carbocycles. The van der Waals surface area contributed by atoms with E-state index in [0.29, 0.717) is 5.92 Å².